The Labute approximate surface area is 119 Å². The summed E-state index contributed by atoms with van der Waals surface area (Å²) in [5, 5.41) is 2.82. The molecule has 0 heterocycles. The first-order valence-corrected chi connectivity index (χ1v) is 7.01. The average molecular weight is 275 g/mol. The molecule has 2 rings (SSSR count). The fourth-order valence-electron chi connectivity index (χ4n) is 1.92. The molecule has 0 spiro atoms. The Morgan fingerprint density at radius 1 is 1.30 bits per heavy atom. The number of esters is 1. The fourth-order valence-corrected chi connectivity index (χ4v) is 1.92. The summed E-state index contributed by atoms with van der Waals surface area (Å²) < 4.78 is 5.16. The number of aryl methyl sites for hydroxylation is 2. The number of amides is 1. The topological polar surface area (TPSA) is 55.4 Å². The average Bonchev–Trinajstić information content (AvgIpc) is 3.17. The van der Waals surface area contributed by atoms with Gasteiger partial charge in [-0.25, -0.2) is 0 Å². The molecule has 0 unspecified atom stereocenters. The molecule has 0 saturated heterocycles. The molecule has 20 heavy (non-hydrogen) atoms. The van der Waals surface area contributed by atoms with Gasteiger partial charge in [0.1, 0.15) is 0 Å². The quantitative estimate of drug-likeness (QED) is 0.837. The van der Waals surface area contributed by atoms with Gasteiger partial charge in [0.15, 0.2) is 6.10 Å². The summed E-state index contributed by atoms with van der Waals surface area (Å²) in [4.78, 5) is 23.5. The van der Waals surface area contributed by atoms with Gasteiger partial charge in [-0.05, 0) is 50.3 Å². The van der Waals surface area contributed by atoms with Crippen LogP contribution in [0, 0.1) is 13.8 Å². The van der Waals surface area contributed by atoms with Crippen molar-refractivity contribution in [3.63, 3.8) is 0 Å². The molecule has 0 bridgehead atoms. The molecule has 1 amide bonds. The van der Waals surface area contributed by atoms with Crippen LogP contribution >= 0.6 is 0 Å². The second-order valence-corrected chi connectivity index (χ2v) is 5.51. The molecule has 4 nitrogen and oxygen atoms in total. The third kappa shape index (κ3) is 4.08. The number of nitrogens with one attached hydrogen (secondary N) is 1. The highest BCUT2D eigenvalue weighted by Crippen LogP contribution is 2.19. The maximum atomic E-state index is 11.8. The normalized spacial score (nSPS) is 15.6. The van der Waals surface area contributed by atoms with Crippen molar-refractivity contribution < 1.29 is 14.3 Å². The Kier molecular flexibility index (Phi) is 4.42. The van der Waals surface area contributed by atoms with Crippen LogP contribution in [0.5, 0.6) is 0 Å². The summed E-state index contributed by atoms with van der Waals surface area (Å²) in [5.41, 5.74) is 3.25. The molecule has 0 radical (unpaired) electrons. The highest BCUT2D eigenvalue weighted by atomic mass is 16.5. The van der Waals surface area contributed by atoms with Crippen LogP contribution < -0.4 is 5.32 Å². The Morgan fingerprint density at radius 3 is 2.60 bits per heavy atom. The van der Waals surface area contributed by atoms with Crippen molar-refractivity contribution in [2.24, 2.45) is 0 Å². The number of hydrogen-bond acceptors (Lipinski definition) is 3. The Morgan fingerprint density at radius 2 is 2.00 bits per heavy atom. The van der Waals surface area contributed by atoms with Gasteiger partial charge in [-0.15, -0.1) is 0 Å². The van der Waals surface area contributed by atoms with Crippen LogP contribution in [-0.4, -0.2) is 24.0 Å². The SMILES string of the molecule is Cc1ccc(CC(=O)O[C@@H](C)C(=O)NC2CC2)cc1C. The van der Waals surface area contributed by atoms with Crippen molar-refractivity contribution in [3.8, 4) is 0 Å². The second-order valence-electron chi connectivity index (χ2n) is 5.51. The number of benzene rings is 1. The van der Waals surface area contributed by atoms with Crippen molar-refractivity contribution in [1.82, 2.24) is 5.32 Å². The summed E-state index contributed by atoms with van der Waals surface area (Å²) >= 11 is 0. The van der Waals surface area contributed by atoms with Gasteiger partial charge in [-0.3, -0.25) is 9.59 Å². The molecule has 108 valence electrons. The summed E-state index contributed by atoms with van der Waals surface area (Å²) in [7, 11) is 0. The zero-order chi connectivity index (χ0) is 14.7. The molecular formula is C16H21NO3. The molecule has 1 saturated carbocycles. The van der Waals surface area contributed by atoms with Crippen LogP contribution in [0.15, 0.2) is 18.2 Å². The van der Waals surface area contributed by atoms with Crippen molar-refractivity contribution in [2.45, 2.75) is 52.2 Å². The lowest BCUT2D eigenvalue weighted by Gasteiger charge is -2.13. The molecule has 1 N–H and O–H groups in total. The van der Waals surface area contributed by atoms with E-state index in [1.165, 1.54) is 5.56 Å². The van der Waals surface area contributed by atoms with Crippen molar-refractivity contribution in [2.75, 3.05) is 0 Å². The molecule has 1 aliphatic rings. The zero-order valence-electron chi connectivity index (χ0n) is 12.2. The van der Waals surface area contributed by atoms with Gasteiger partial charge in [0, 0.05) is 6.04 Å². The van der Waals surface area contributed by atoms with Gasteiger partial charge < -0.3 is 10.1 Å². The van der Waals surface area contributed by atoms with Crippen molar-refractivity contribution in [3.05, 3.63) is 34.9 Å². The minimum Gasteiger partial charge on any atom is -0.452 e. The molecule has 4 heteroatoms. The van der Waals surface area contributed by atoms with Gasteiger partial charge in [-0.2, -0.15) is 0 Å². The first-order valence-electron chi connectivity index (χ1n) is 7.01. The van der Waals surface area contributed by atoms with E-state index < -0.39 is 6.10 Å². The van der Waals surface area contributed by atoms with Gasteiger partial charge in [0.2, 0.25) is 0 Å². The van der Waals surface area contributed by atoms with Crippen LogP contribution in [0.1, 0.15) is 36.5 Å². The van der Waals surface area contributed by atoms with E-state index in [2.05, 4.69) is 5.32 Å². The van der Waals surface area contributed by atoms with E-state index in [4.69, 9.17) is 4.74 Å². The van der Waals surface area contributed by atoms with E-state index in [-0.39, 0.29) is 24.3 Å². The van der Waals surface area contributed by atoms with E-state index in [9.17, 15) is 9.59 Å². The number of hydrogen-bond donors (Lipinski definition) is 1. The summed E-state index contributed by atoms with van der Waals surface area (Å²) in [5.74, 6) is -0.576. The van der Waals surface area contributed by atoms with E-state index in [0.717, 1.165) is 24.0 Å². The highest BCUT2D eigenvalue weighted by molar-refractivity contribution is 5.84. The molecule has 0 aliphatic heterocycles. The Hall–Kier alpha value is -1.84. The van der Waals surface area contributed by atoms with E-state index in [1.807, 2.05) is 32.0 Å². The minimum absolute atomic E-state index is 0.197. The Balaban J connectivity index is 1.84. The lowest BCUT2D eigenvalue weighted by atomic mass is 10.0. The monoisotopic (exact) mass is 275 g/mol. The molecule has 1 aromatic rings. The minimum atomic E-state index is -0.727. The van der Waals surface area contributed by atoms with Crippen molar-refractivity contribution in [1.29, 1.82) is 0 Å². The highest BCUT2D eigenvalue weighted by Gasteiger charge is 2.27. The third-order valence-corrected chi connectivity index (χ3v) is 3.52. The van der Waals surface area contributed by atoms with Crippen LogP contribution in [0.25, 0.3) is 0 Å². The molecule has 1 fully saturated rings. The zero-order valence-corrected chi connectivity index (χ0v) is 12.2. The predicted molar refractivity (Wildman–Crippen MR) is 76.3 cm³/mol. The summed E-state index contributed by atoms with van der Waals surface area (Å²) in [6.45, 7) is 5.65. The molecule has 1 atom stereocenters. The van der Waals surface area contributed by atoms with E-state index in [0.29, 0.717) is 0 Å². The van der Waals surface area contributed by atoms with Crippen LogP contribution in [-0.2, 0) is 20.7 Å². The lowest BCUT2D eigenvalue weighted by molar-refractivity contribution is -0.154. The number of carbonyl (C=O) groups is 2. The first kappa shape index (κ1) is 14.6. The van der Waals surface area contributed by atoms with Gasteiger partial charge in [0.25, 0.3) is 5.91 Å². The largest absolute Gasteiger partial charge is 0.452 e. The molecule has 1 aliphatic carbocycles. The smallest absolute Gasteiger partial charge is 0.311 e. The Bertz CT molecular complexity index is 520. The fraction of sp³-hybridized carbons (Fsp3) is 0.500. The van der Waals surface area contributed by atoms with Crippen LogP contribution in [0.3, 0.4) is 0 Å². The van der Waals surface area contributed by atoms with Gasteiger partial charge >= 0.3 is 5.97 Å². The summed E-state index contributed by atoms with van der Waals surface area (Å²) in [6.07, 6.45) is 1.52. The molecule has 1 aromatic carbocycles. The lowest BCUT2D eigenvalue weighted by Crippen LogP contribution is -2.37. The van der Waals surface area contributed by atoms with Gasteiger partial charge in [-0.1, -0.05) is 18.2 Å². The second kappa shape index (κ2) is 6.07. The maximum absolute atomic E-state index is 11.8. The van der Waals surface area contributed by atoms with E-state index >= 15 is 0 Å². The third-order valence-electron chi connectivity index (χ3n) is 3.52. The number of ether oxygens (including phenoxy) is 1. The molecular weight excluding hydrogens is 254 g/mol. The van der Waals surface area contributed by atoms with Gasteiger partial charge in [0.05, 0.1) is 6.42 Å². The maximum Gasteiger partial charge on any atom is 0.311 e. The number of carbonyl (C=O) groups excluding carboxylic acids is 2. The van der Waals surface area contributed by atoms with Crippen molar-refractivity contribution >= 4 is 11.9 Å². The summed E-state index contributed by atoms with van der Waals surface area (Å²) in [6, 6.07) is 6.16. The van der Waals surface area contributed by atoms with Crippen LogP contribution in [0.4, 0.5) is 0 Å². The molecule has 0 aromatic heterocycles. The van der Waals surface area contributed by atoms with E-state index in [1.54, 1.807) is 6.92 Å². The first-order chi connectivity index (χ1) is 9.45. The van der Waals surface area contributed by atoms with Crippen LogP contribution in [0.2, 0.25) is 0 Å². The standard InChI is InChI=1S/C16H21NO3/c1-10-4-5-13(8-11(10)2)9-15(18)20-12(3)16(19)17-14-6-7-14/h4-5,8,12,14H,6-7,9H2,1-3H3,(H,17,19)/t12-/m0/s1. The predicted octanol–water partition coefficient (Wildman–Crippen LogP) is 2.06. The number of rotatable bonds is 5.